The predicted molar refractivity (Wildman–Crippen MR) is 111 cm³/mol. The quantitative estimate of drug-likeness (QED) is 0.525. The molecule has 5 heteroatoms. The molecular weight excluding hydrogens is 368 g/mol. The highest BCUT2D eigenvalue weighted by atomic mass is 16.7. The molecule has 2 bridgehead atoms. The van der Waals surface area contributed by atoms with Crippen LogP contribution in [0.4, 0.5) is 0 Å². The zero-order valence-corrected chi connectivity index (χ0v) is 17.9. The van der Waals surface area contributed by atoms with Crippen LogP contribution in [0.5, 0.6) is 0 Å². The Morgan fingerprint density at radius 1 is 1.17 bits per heavy atom. The molecule has 0 amide bonds. The second-order valence-corrected chi connectivity index (χ2v) is 8.51. The number of carbonyl (C=O) groups excluding carboxylic acids is 1. The Kier molecular flexibility index (Phi) is 5.58. The number of aryl methyl sites for hydroxylation is 3. The van der Waals surface area contributed by atoms with E-state index in [1.165, 1.54) is 5.56 Å². The maximum atomic E-state index is 13.6. The SMILES string of the molecule is CCOCOC[C@]12CC[C@H](O1)[C@@H]1C(=O)C(c3c(CC)cc(C)cc3CC)=C(O)[C@@H]12. The van der Waals surface area contributed by atoms with E-state index in [1.807, 2.05) is 6.92 Å². The van der Waals surface area contributed by atoms with Crippen LogP contribution < -0.4 is 0 Å². The molecule has 1 aromatic carbocycles. The lowest BCUT2D eigenvalue weighted by atomic mass is 9.73. The first-order chi connectivity index (χ1) is 14.0. The van der Waals surface area contributed by atoms with Crippen LogP contribution in [0, 0.1) is 18.8 Å². The standard InChI is InChI=1S/C24H32O5/c1-5-15-10-14(4)11-16(6-2)18(15)20-22(25)19-17-8-9-24(29-17,21(19)23(20)26)12-28-13-27-7-3/h10-11,17,19,21,26H,5-9,12-13H2,1-4H3/t17-,19-,21+,24-/m0/s1. The first-order valence-electron chi connectivity index (χ1n) is 10.9. The summed E-state index contributed by atoms with van der Waals surface area (Å²) in [6, 6.07) is 4.28. The molecule has 0 unspecified atom stereocenters. The summed E-state index contributed by atoms with van der Waals surface area (Å²) in [5, 5.41) is 11.4. The summed E-state index contributed by atoms with van der Waals surface area (Å²) in [5.41, 5.74) is 4.30. The van der Waals surface area contributed by atoms with Crippen LogP contribution in [-0.4, -0.2) is 42.6 Å². The van der Waals surface area contributed by atoms with Gasteiger partial charge in [0.1, 0.15) is 18.2 Å². The molecule has 1 N–H and O–H groups in total. The number of hydrogen-bond donors (Lipinski definition) is 1. The molecule has 4 atom stereocenters. The number of allylic oxidation sites excluding steroid dienone is 1. The fourth-order valence-electron chi connectivity index (χ4n) is 5.64. The Morgan fingerprint density at radius 3 is 2.48 bits per heavy atom. The van der Waals surface area contributed by atoms with Gasteiger partial charge >= 0.3 is 0 Å². The van der Waals surface area contributed by atoms with E-state index in [1.54, 1.807) is 0 Å². The Morgan fingerprint density at radius 2 is 1.86 bits per heavy atom. The van der Waals surface area contributed by atoms with Crippen molar-refractivity contribution in [2.75, 3.05) is 20.0 Å². The van der Waals surface area contributed by atoms with Crippen molar-refractivity contribution in [3.05, 3.63) is 40.1 Å². The molecular formula is C24H32O5. The van der Waals surface area contributed by atoms with Crippen LogP contribution in [0.25, 0.3) is 5.57 Å². The molecule has 158 valence electrons. The van der Waals surface area contributed by atoms with Gasteiger partial charge in [-0.15, -0.1) is 0 Å². The molecule has 2 fully saturated rings. The summed E-state index contributed by atoms with van der Waals surface area (Å²) in [4.78, 5) is 13.6. The van der Waals surface area contributed by atoms with Gasteiger partial charge in [0.05, 0.1) is 30.1 Å². The van der Waals surface area contributed by atoms with Crippen molar-refractivity contribution in [1.29, 1.82) is 0 Å². The molecule has 29 heavy (non-hydrogen) atoms. The van der Waals surface area contributed by atoms with Crippen LogP contribution >= 0.6 is 0 Å². The molecule has 0 radical (unpaired) electrons. The van der Waals surface area contributed by atoms with Gasteiger partial charge < -0.3 is 19.3 Å². The summed E-state index contributed by atoms with van der Waals surface area (Å²) in [5.74, 6) is -0.376. The van der Waals surface area contributed by atoms with E-state index in [0.717, 1.165) is 42.4 Å². The lowest BCUT2D eigenvalue weighted by Crippen LogP contribution is -2.42. The number of fused-ring (bicyclic) bond motifs is 5. The third kappa shape index (κ3) is 3.15. The van der Waals surface area contributed by atoms with Crippen molar-refractivity contribution < 1.29 is 24.1 Å². The monoisotopic (exact) mass is 400 g/mol. The molecule has 2 heterocycles. The third-order valence-corrected chi connectivity index (χ3v) is 6.84. The first-order valence-corrected chi connectivity index (χ1v) is 10.9. The Bertz CT molecular complexity index is 817. The molecule has 0 spiro atoms. The van der Waals surface area contributed by atoms with Gasteiger partial charge in [0.15, 0.2) is 5.78 Å². The number of carbonyl (C=O) groups is 1. The number of Topliss-reactive ketones (excluding diaryl/α,β-unsaturated/α-hetero) is 1. The molecule has 0 saturated carbocycles. The number of hydrogen-bond acceptors (Lipinski definition) is 5. The minimum Gasteiger partial charge on any atom is -0.511 e. The summed E-state index contributed by atoms with van der Waals surface area (Å²) in [6.07, 6.45) is 3.15. The van der Waals surface area contributed by atoms with E-state index < -0.39 is 5.60 Å². The van der Waals surface area contributed by atoms with Crippen LogP contribution in [0.2, 0.25) is 0 Å². The van der Waals surface area contributed by atoms with Gasteiger partial charge in [-0.25, -0.2) is 0 Å². The number of ether oxygens (including phenoxy) is 3. The number of aliphatic hydroxyl groups is 1. The average Bonchev–Trinajstić information content (AvgIpc) is 3.35. The second-order valence-electron chi connectivity index (χ2n) is 8.51. The van der Waals surface area contributed by atoms with Gasteiger partial charge in [-0.05, 0) is 56.2 Å². The molecule has 1 aromatic rings. The van der Waals surface area contributed by atoms with Gasteiger partial charge in [0, 0.05) is 6.61 Å². The number of aliphatic hydroxyl groups excluding tert-OH is 1. The molecule has 2 saturated heterocycles. The van der Waals surface area contributed by atoms with E-state index in [-0.39, 0.29) is 36.3 Å². The molecule has 1 aliphatic carbocycles. The lowest BCUT2D eigenvalue weighted by molar-refractivity contribution is -0.121. The van der Waals surface area contributed by atoms with Crippen molar-refractivity contribution in [2.24, 2.45) is 11.8 Å². The fraction of sp³-hybridized carbons (Fsp3) is 0.625. The minimum absolute atomic E-state index is 0.0390. The van der Waals surface area contributed by atoms with E-state index in [0.29, 0.717) is 18.8 Å². The molecule has 4 rings (SSSR count). The highest BCUT2D eigenvalue weighted by Crippen LogP contribution is 2.59. The van der Waals surface area contributed by atoms with Gasteiger partial charge in [0.2, 0.25) is 0 Å². The predicted octanol–water partition coefficient (Wildman–Crippen LogP) is 4.15. The van der Waals surface area contributed by atoms with Gasteiger partial charge in [-0.2, -0.15) is 0 Å². The Labute approximate surface area is 173 Å². The maximum absolute atomic E-state index is 13.6. The maximum Gasteiger partial charge on any atom is 0.173 e. The van der Waals surface area contributed by atoms with Crippen molar-refractivity contribution >= 4 is 11.4 Å². The zero-order chi connectivity index (χ0) is 20.8. The fourth-order valence-corrected chi connectivity index (χ4v) is 5.64. The van der Waals surface area contributed by atoms with E-state index in [9.17, 15) is 9.90 Å². The summed E-state index contributed by atoms with van der Waals surface area (Å²) >= 11 is 0. The minimum atomic E-state index is -0.628. The smallest absolute Gasteiger partial charge is 0.173 e. The Balaban J connectivity index is 1.75. The number of benzene rings is 1. The van der Waals surface area contributed by atoms with Crippen molar-refractivity contribution in [3.8, 4) is 0 Å². The average molecular weight is 401 g/mol. The van der Waals surface area contributed by atoms with Crippen molar-refractivity contribution in [1.82, 2.24) is 0 Å². The summed E-state index contributed by atoms with van der Waals surface area (Å²) < 4.78 is 17.3. The lowest BCUT2D eigenvalue weighted by Gasteiger charge is -2.32. The van der Waals surface area contributed by atoms with E-state index in [4.69, 9.17) is 14.2 Å². The number of rotatable bonds is 8. The largest absolute Gasteiger partial charge is 0.511 e. The normalized spacial score (nSPS) is 30.5. The topological polar surface area (TPSA) is 65.0 Å². The van der Waals surface area contributed by atoms with Gasteiger partial charge in [-0.3, -0.25) is 4.79 Å². The highest BCUT2D eigenvalue weighted by Gasteiger charge is 2.66. The second kappa shape index (κ2) is 7.86. The molecule has 5 nitrogen and oxygen atoms in total. The van der Waals surface area contributed by atoms with Crippen LogP contribution in [0.15, 0.2) is 17.9 Å². The van der Waals surface area contributed by atoms with Crippen LogP contribution in [-0.2, 0) is 31.8 Å². The summed E-state index contributed by atoms with van der Waals surface area (Å²) in [6.45, 7) is 9.34. The van der Waals surface area contributed by atoms with E-state index in [2.05, 4.69) is 32.9 Å². The Hall–Kier alpha value is -1.69. The molecule has 3 aliphatic rings. The first kappa shape index (κ1) is 20.6. The van der Waals surface area contributed by atoms with Crippen molar-refractivity contribution in [2.45, 2.75) is 65.1 Å². The third-order valence-electron chi connectivity index (χ3n) is 6.84. The van der Waals surface area contributed by atoms with Crippen LogP contribution in [0.3, 0.4) is 0 Å². The van der Waals surface area contributed by atoms with Crippen LogP contribution in [0.1, 0.15) is 55.9 Å². The number of ketones is 1. The van der Waals surface area contributed by atoms with Crippen molar-refractivity contribution in [3.63, 3.8) is 0 Å². The van der Waals surface area contributed by atoms with Gasteiger partial charge in [0.25, 0.3) is 0 Å². The zero-order valence-electron chi connectivity index (χ0n) is 17.9. The highest BCUT2D eigenvalue weighted by molar-refractivity contribution is 6.26. The molecule has 0 aromatic heterocycles. The van der Waals surface area contributed by atoms with E-state index >= 15 is 0 Å². The van der Waals surface area contributed by atoms with Gasteiger partial charge in [-0.1, -0.05) is 31.5 Å². The molecule has 2 aliphatic heterocycles. The summed E-state index contributed by atoms with van der Waals surface area (Å²) in [7, 11) is 0.